The van der Waals surface area contributed by atoms with Crippen molar-refractivity contribution < 1.29 is 19.2 Å². The fourth-order valence-electron chi connectivity index (χ4n) is 3.90. The molecule has 2 aromatic heterocycles. The summed E-state index contributed by atoms with van der Waals surface area (Å²) >= 11 is 0. The molecule has 0 radical (unpaired) electrons. The molecule has 2 heterocycles. The van der Waals surface area contributed by atoms with Gasteiger partial charge < -0.3 is 9.84 Å². The lowest BCUT2D eigenvalue weighted by atomic mass is 9.96. The number of rotatable bonds is 10. The van der Waals surface area contributed by atoms with Crippen molar-refractivity contribution in [1.82, 2.24) is 20.1 Å². The number of aromatic amines is 1. The Labute approximate surface area is 201 Å². The molecule has 9 heteroatoms. The smallest absolute Gasteiger partial charge is 0.439 e. The minimum absolute atomic E-state index is 0.315. The van der Waals surface area contributed by atoms with Gasteiger partial charge in [0.1, 0.15) is 5.82 Å². The second kappa shape index (κ2) is 10.8. The highest BCUT2D eigenvalue weighted by Crippen LogP contribution is 2.31. The third-order valence-electron chi connectivity index (χ3n) is 5.53. The highest BCUT2D eigenvalue weighted by molar-refractivity contribution is 5.80. The molecule has 2 aromatic carbocycles. The van der Waals surface area contributed by atoms with E-state index in [1.54, 1.807) is 6.92 Å². The number of aryl methyl sites for hydroxylation is 2. The van der Waals surface area contributed by atoms with Gasteiger partial charge >= 0.3 is 11.7 Å². The Morgan fingerprint density at radius 3 is 2.49 bits per heavy atom. The standard InChI is InChI=1S/C26H26N4O5/c1-3-4-9-22-21(25(28-16(2)27-22)34-15-23(31)32)14-17-10-12-18(13-11-17)19-7-5-6-8-20(19)24-29-26(33)35-30-24/h5-8,10-13H,3-4,9,14-15H2,1-2H3,(H,31,32)(H,29,30,33). The highest BCUT2D eigenvalue weighted by atomic mass is 16.5. The van der Waals surface area contributed by atoms with Crippen LogP contribution in [0.3, 0.4) is 0 Å². The summed E-state index contributed by atoms with van der Waals surface area (Å²) in [5.74, 6) is -0.426. The van der Waals surface area contributed by atoms with E-state index in [0.717, 1.165) is 52.8 Å². The normalized spacial score (nSPS) is 10.9. The van der Waals surface area contributed by atoms with Crippen LogP contribution in [0.2, 0.25) is 0 Å². The minimum atomic E-state index is -1.06. The van der Waals surface area contributed by atoms with Crippen LogP contribution in [-0.2, 0) is 17.6 Å². The van der Waals surface area contributed by atoms with Crippen LogP contribution >= 0.6 is 0 Å². The summed E-state index contributed by atoms with van der Waals surface area (Å²) in [6.45, 7) is 3.43. The molecule has 0 unspecified atom stereocenters. The first-order valence-electron chi connectivity index (χ1n) is 11.4. The van der Waals surface area contributed by atoms with E-state index in [0.29, 0.717) is 23.9 Å². The van der Waals surface area contributed by atoms with Crippen molar-refractivity contribution in [3.63, 3.8) is 0 Å². The molecule has 0 aliphatic heterocycles. The molecule has 0 aliphatic rings. The number of nitrogens with zero attached hydrogens (tertiary/aromatic N) is 3. The zero-order valence-corrected chi connectivity index (χ0v) is 19.6. The predicted octanol–water partition coefficient (Wildman–Crippen LogP) is 4.19. The number of hydrogen-bond acceptors (Lipinski definition) is 7. The van der Waals surface area contributed by atoms with Crippen molar-refractivity contribution in [2.45, 2.75) is 39.5 Å². The number of aliphatic carboxylic acids is 1. The molecule has 180 valence electrons. The van der Waals surface area contributed by atoms with Gasteiger partial charge in [0.2, 0.25) is 5.88 Å². The quantitative estimate of drug-likeness (QED) is 0.350. The third kappa shape index (κ3) is 5.81. The fourth-order valence-corrected chi connectivity index (χ4v) is 3.90. The predicted molar refractivity (Wildman–Crippen MR) is 129 cm³/mol. The molecular weight excluding hydrogens is 448 g/mol. The Morgan fingerprint density at radius 2 is 1.83 bits per heavy atom. The van der Waals surface area contributed by atoms with Crippen molar-refractivity contribution in [1.29, 1.82) is 0 Å². The molecule has 0 amide bonds. The number of hydrogen-bond donors (Lipinski definition) is 2. The Hall–Kier alpha value is -4.27. The Balaban J connectivity index is 1.65. The zero-order valence-electron chi connectivity index (χ0n) is 19.6. The average molecular weight is 475 g/mol. The van der Waals surface area contributed by atoms with Crippen LogP contribution in [0.15, 0.2) is 57.8 Å². The number of carbonyl (C=O) groups is 1. The molecule has 0 fully saturated rings. The first-order chi connectivity index (χ1) is 16.9. The van der Waals surface area contributed by atoms with Crippen LogP contribution in [-0.4, -0.2) is 37.8 Å². The van der Waals surface area contributed by atoms with Crippen molar-refractivity contribution in [3.8, 4) is 28.4 Å². The van der Waals surface area contributed by atoms with Crippen LogP contribution in [0.5, 0.6) is 5.88 Å². The molecule has 4 aromatic rings. The number of H-pyrrole nitrogens is 1. The molecule has 9 nitrogen and oxygen atoms in total. The maximum absolute atomic E-state index is 11.4. The van der Waals surface area contributed by atoms with Crippen LogP contribution in [0.4, 0.5) is 0 Å². The molecule has 35 heavy (non-hydrogen) atoms. The van der Waals surface area contributed by atoms with E-state index in [-0.39, 0.29) is 0 Å². The number of ether oxygens (including phenoxy) is 1. The molecular formula is C26H26N4O5. The summed E-state index contributed by atoms with van der Waals surface area (Å²) < 4.78 is 10.2. The third-order valence-corrected chi connectivity index (χ3v) is 5.53. The molecule has 0 atom stereocenters. The summed E-state index contributed by atoms with van der Waals surface area (Å²) in [6.07, 6.45) is 3.24. The van der Waals surface area contributed by atoms with Gasteiger partial charge in [0.25, 0.3) is 0 Å². The van der Waals surface area contributed by atoms with Crippen molar-refractivity contribution in [2.75, 3.05) is 6.61 Å². The van der Waals surface area contributed by atoms with Gasteiger partial charge in [-0.25, -0.2) is 14.6 Å². The summed E-state index contributed by atoms with van der Waals surface area (Å²) in [6, 6.07) is 15.6. The van der Waals surface area contributed by atoms with E-state index >= 15 is 0 Å². The number of carboxylic acid groups (broad SMARTS) is 1. The van der Waals surface area contributed by atoms with Gasteiger partial charge in [0, 0.05) is 17.5 Å². The monoisotopic (exact) mass is 474 g/mol. The van der Waals surface area contributed by atoms with E-state index < -0.39 is 18.3 Å². The van der Waals surface area contributed by atoms with E-state index in [2.05, 4.69) is 31.6 Å². The summed E-state index contributed by atoms with van der Waals surface area (Å²) in [5.41, 5.74) is 5.29. The lowest BCUT2D eigenvalue weighted by Crippen LogP contribution is -2.14. The molecule has 2 N–H and O–H groups in total. The van der Waals surface area contributed by atoms with Gasteiger partial charge in [-0.1, -0.05) is 67.0 Å². The fraction of sp³-hybridized carbons (Fsp3) is 0.269. The molecule has 0 spiro atoms. The second-order valence-electron chi connectivity index (χ2n) is 8.15. The zero-order chi connectivity index (χ0) is 24.8. The van der Waals surface area contributed by atoms with Gasteiger partial charge in [0.15, 0.2) is 12.4 Å². The SMILES string of the molecule is CCCCc1nc(C)nc(OCC(=O)O)c1Cc1ccc(-c2ccccc2-c2noc(=O)[nH]2)cc1. The van der Waals surface area contributed by atoms with Gasteiger partial charge in [-0.05, 0) is 36.5 Å². The summed E-state index contributed by atoms with van der Waals surface area (Å²) in [7, 11) is 0. The van der Waals surface area contributed by atoms with Gasteiger partial charge in [-0.3, -0.25) is 9.51 Å². The number of nitrogens with one attached hydrogen (secondary N) is 1. The van der Waals surface area contributed by atoms with E-state index in [9.17, 15) is 9.59 Å². The molecule has 4 rings (SSSR count). The first kappa shape index (κ1) is 23.9. The van der Waals surface area contributed by atoms with Crippen LogP contribution in [0.25, 0.3) is 22.5 Å². The van der Waals surface area contributed by atoms with Crippen molar-refractivity contribution in [2.24, 2.45) is 0 Å². The lowest BCUT2D eigenvalue weighted by Gasteiger charge is -2.15. The van der Waals surface area contributed by atoms with Gasteiger partial charge in [-0.2, -0.15) is 4.98 Å². The maximum atomic E-state index is 11.4. The van der Waals surface area contributed by atoms with E-state index in [1.807, 2.05) is 48.5 Å². The topological polar surface area (TPSA) is 131 Å². The molecule has 0 saturated heterocycles. The van der Waals surface area contributed by atoms with Gasteiger partial charge in [-0.15, -0.1) is 0 Å². The number of unbranched alkanes of at least 4 members (excludes halogenated alkanes) is 1. The minimum Gasteiger partial charge on any atom is -0.479 e. The van der Waals surface area contributed by atoms with Crippen molar-refractivity contribution in [3.05, 3.63) is 81.7 Å². The largest absolute Gasteiger partial charge is 0.479 e. The number of aromatic nitrogens is 4. The number of carboxylic acids is 1. The van der Waals surface area contributed by atoms with E-state index in [1.165, 1.54) is 0 Å². The van der Waals surface area contributed by atoms with Crippen LogP contribution in [0, 0.1) is 6.92 Å². The second-order valence-corrected chi connectivity index (χ2v) is 8.15. The Kier molecular flexibility index (Phi) is 7.35. The van der Waals surface area contributed by atoms with E-state index in [4.69, 9.17) is 9.84 Å². The Morgan fingerprint density at radius 1 is 1.09 bits per heavy atom. The van der Waals surface area contributed by atoms with Gasteiger partial charge in [0.05, 0.1) is 5.69 Å². The van der Waals surface area contributed by atoms with Crippen molar-refractivity contribution >= 4 is 5.97 Å². The first-order valence-corrected chi connectivity index (χ1v) is 11.4. The molecule has 0 aliphatic carbocycles. The Bertz CT molecular complexity index is 1380. The summed E-state index contributed by atoms with van der Waals surface area (Å²) in [4.78, 5) is 34.1. The maximum Gasteiger partial charge on any atom is 0.439 e. The lowest BCUT2D eigenvalue weighted by molar-refractivity contribution is -0.139. The van der Waals surface area contributed by atoms with Crippen LogP contribution in [0.1, 0.15) is 42.4 Å². The molecule has 0 bridgehead atoms. The number of benzene rings is 2. The molecule has 0 saturated carbocycles. The highest BCUT2D eigenvalue weighted by Gasteiger charge is 2.17. The average Bonchev–Trinajstić information content (AvgIpc) is 3.29. The van der Waals surface area contributed by atoms with Crippen LogP contribution < -0.4 is 10.5 Å². The summed E-state index contributed by atoms with van der Waals surface area (Å²) in [5, 5.41) is 12.9.